The van der Waals surface area contributed by atoms with Crippen LogP contribution in [0.25, 0.3) is 0 Å². The fourth-order valence-corrected chi connectivity index (χ4v) is 3.50. The third-order valence-electron chi connectivity index (χ3n) is 5.12. The number of nitrogens with zero attached hydrogens (tertiary/aromatic N) is 2. The summed E-state index contributed by atoms with van der Waals surface area (Å²) in [5.74, 6) is -0.561. The molecule has 0 aliphatic carbocycles. The number of carbonyl (C=O) groups is 2. The molecule has 1 aliphatic rings. The molecular weight excluding hydrogens is 366 g/mol. The van der Waals surface area contributed by atoms with Crippen molar-refractivity contribution in [2.45, 2.75) is 57.2 Å². The Kier molecular flexibility index (Phi) is 7.14. The van der Waals surface area contributed by atoms with Crippen LogP contribution in [0.15, 0.2) is 21.9 Å². The van der Waals surface area contributed by atoms with E-state index in [4.69, 9.17) is 5.73 Å². The van der Waals surface area contributed by atoms with Crippen molar-refractivity contribution in [3.8, 4) is 0 Å². The smallest absolute Gasteiger partial charge is 0.328 e. The molecule has 10 heteroatoms. The minimum absolute atomic E-state index is 0.0881. The maximum Gasteiger partial charge on any atom is 0.328 e. The second kappa shape index (κ2) is 9.16. The summed E-state index contributed by atoms with van der Waals surface area (Å²) in [5.41, 5.74) is 3.09. The SMILES string of the molecule is CC(=O)N[C@@H](CCCCN)C(=O)N1CC[C@@](C)(O)[C@H](n2ccc(=O)[nH]c2=O)C1. The first kappa shape index (κ1) is 21.8. The van der Waals surface area contributed by atoms with Gasteiger partial charge in [-0.2, -0.15) is 0 Å². The highest BCUT2D eigenvalue weighted by Crippen LogP contribution is 2.31. The summed E-state index contributed by atoms with van der Waals surface area (Å²) in [5, 5.41) is 13.4. The number of hydrogen-bond acceptors (Lipinski definition) is 6. The Morgan fingerprint density at radius 2 is 2.14 bits per heavy atom. The molecule has 0 saturated carbocycles. The highest BCUT2D eigenvalue weighted by Gasteiger charge is 2.41. The zero-order chi connectivity index (χ0) is 20.9. The van der Waals surface area contributed by atoms with Gasteiger partial charge >= 0.3 is 5.69 Å². The van der Waals surface area contributed by atoms with Crippen LogP contribution in [0.1, 0.15) is 45.6 Å². The quantitative estimate of drug-likeness (QED) is 0.421. The molecule has 10 nitrogen and oxygen atoms in total. The minimum atomic E-state index is -1.23. The molecule has 0 aromatic carbocycles. The number of nitrogens with one attached hydrogen (secondary N) is 2. The van der Waals surface area contributed by atoms with E-state index in [1.165, 1.54) is 23.8 Å². The van der Waals surface area contributed by atoms with E-state index >= 15 is 0 Å². The Balaban J connectivity index is 2.23. The van der Waals surface area contributed by atoms with Gasteiger partial charge in [0.05, 0.1) is 11.6 Å². The van der Waals surface area contributed by atoms with Gasteiger partial charge < -0.3 is 21.1 Å². The summed E-state index contributed by atoms with van der Waals surface area (Å²) >= 11 is 0. The van der Waals surface area contributed by atoms with Crippen LogP contribution in [-0.4, -0.2) is 62.6 Å². The minimum Gasteiger partial charge on any atom is -0.388 e. The molecule has 1 aromatic heterocycles. The molecule has 0 spiro atoms. The zero-order valence-corrected chi connectivity index (χ0v) is 16.3. The van der Waals surface area contributed by atoms with Crippen molar-refractivity contribution in [3.05, 3.63) is 33.1 Å². The second-order valence-corrected chi connectivity index (χ2v) is 7.46. The number of aromatic amines is 1. The van der Waals surface area contributed by atoms with Crippen molar-refractivity contribution in [3.63, 3.8) is 0 Å². The molecule has 5 N–H and O–H groups in total. The number of piperidine rings is 1. The molecule has 0 radical (unpaired) electrons. The fourth-order valence-electron chi connectivity index (χ4n) is 3.50. The van der Waals surface area contributed by atoms with Gasteiger partial charge in [-0.15, -0.1) is 0 Å². The molecule has 2 rings (SSSR count). The molecule has 1 aliphatic heterocycles. The molecule has 156 valence electrons. The Morgan fingerprint density at radius 3 is 2.75 bits per heavy atom. The maximum absolute atomic E-state index is 13.0. The third kappa shape index (κ3) is 5.29. The zero-order valence-electron chi connectivity index (χ0n) is 16.3. The van der Waals surface area contributed by atoms with Crippen LogP contribution in [-0.2, 0) is 9.59 Å². The van der Waals surface area contributed by atoms with Crippen LogP contribution in [0.4, 0.5) is 0 Å². The van der Waals surface area contributed by atoms with Gasteiger partial charge in [0.25, 0.3) is 5.56 Å². The van der Waals surface area contributed by atoms with Crippen LogP contribution in [0.3, 0.4) is 0 Å². The predicted molar refractivity (Wildman–Crippen MR) is 103 cm³/mol. The number of likely N-dealkylation sites (tertiary alicyclic amines) is 1. The second-order valence-electron chi connectivity index (χ2n) is 7.46. The van der Waals surface area contributed by atoms with Crippen molar-refractivity contribution in [2.24, 2.45) is 5.73 Å². The molecule has 1 aromatic rings. The topological polar surface area (TPSA) is 151 Å². The largest absolute Gasteiger partial charge is 0.388 e. The number of H-pyrrole nitrogens is 1. The Morgan fingerprint density at radius 1 is 1.43 bits per heavy atom. The molecule has 1 fully saturated rings. The Labute approximate surface area is 162 Å². The first-order chi connectivity index (χ1) is 13.2. The van der Waals surface area contributed by atoms with Crippen LogP contribution in [0.5, 0.6) is 0 Å². The standard InChI is InChI=1S/C18H29N5O5/c1-12(24)20-13(5-3-4-8-19)16(26)22-10-7-18(2,28)14(11-22)23-9-6-15(25)21-17(23)27/h6,9,13-14,28H,3-5,7-8,10-11,19H2,1-2H3,(H,20,24)(H,21,25,27)/t13-,14+,18+/m0/s1. The van der Waals surface area contributed by atoms with Gasteiger partial charge in [0.1, 0.15) is 6.04 Å². The van der Waals surface area contributed by atoms with Gasteiger partial charge in [-0.05, 0) is 39.2 Å². The number of aliphatic hydroxyl groups is 1. The lowest BCUT2D eigenvalue weighted by molar-refractivity contribution is -0.142. The number of hydrogen-bond donors (Lipinski definition) is 4. The molecule has 0 unspecified atom stereocenters. The number of unbranched alkanes of at least 4 members (excludes halogenated alkanes) is 1. The monoisotopic (exact) mass is 395 g/mol. The maximum atomic E-state index is 13.0. The van der Waals surface area contributed by atoms with E-state index in [2.05, 4.69) is 10.3 Å². The van der Waals surface area contributed by atoms with E-state index in [1.807, 2.05) is 0 Å². The lowest BCUT2D eigenvalue weighted by atomic mass is 9.87. The summed E-state index contributed by atoms with van der Waals surface area (Å²) in [6, 6.07) is -0.206. The average molecular weight is 395 g/mol. The van der Waals surface area contributed by atoms with Gasteiger partial charge in [-0.25, -0.2) is 4.79 Å². The average Bonchev–Trinajstić information content (AvgIpc) is 2.61. The molecule has 2 heterocycles. The fraction of sp³-hybridized carbons (Fsp3) is 0.667. The number of carbonyl (C=O) groups excluding carboxylic acids is 2. The van der Waals surface area contributed by atoms with E-state index in [0.29, 0.717) is 25.9 Å². The summed E-state index contributed by atoms with van der Waals surface area (Å²) in [4.78, 5) is 51.7. The van der Waals surface area contributed by atoms with Gasteiger partial charge in [-0.1, -0.05) is 0 Å². The summed E-state index contributed by atoms with van der Waals surface area (Å²) in [6.45, 7) is 3.85. The Hall–Kier alpha value is -2.46. The van der Waals surface area contributed by atoms with Crippen molar-refractivity contribution < 1.29 is 14.7 Å². The third-order valence-corrected chi connectivity index (χ3v) is 5.12. The van der Waals surface area contributed by atoms with E-state index in [1.54, 1.807) is 11.8 Å². The lowest BCUT2D eigenvalue weighted by Gasteiger charge is -2.44. The number of aromatic nitrogens is 2. The Bertz CT molecular complexity index is 815. The number of nitrogens with two attached hydrogens (primary N) is 1. The molecule has 28 heavy (non-hydrogen) atoms. The molecule has 0 bridgehead atoms. The molecular formula is C18H29N5O5. The van der Waals surface area contributed by atoms with Crippen LogP contribution >= 0.6 is 0 Å². The summed E-state index contributed by atoms with van der Waals surface area (Å²) in [7, 11) is 0. The van der Waals surface area contributed by atoms with Crippen molar-refractivity contribution in [2.75, 3.05) is 19.6 Å². The van der Waals surface area contributed by atoms with Gasteiger partial charge in [0, 0.05) is 32.3 Å². The van der Waals surface area contributed by atoms with Crippen LogP contribution in [0.2, 0.25) is 0 Å². The molecule has 1 saturated heterocycles. The van der Waals surface area contributed by atoms with Crippen LogP contribution in [0, 0.1) is 0 Å². The van der Waals surface area contributed by atoms with E-state index in [9.17, 15) is 24.3 Å². The van der Waals surface area contributed by atoms with Crippen molar-refractivity contribution in [1.82, 2.24) is 19.8 Å². The first-order valence-corrected chi connectivity index (χ1v) is 9.45. The molecule has 2 amide bonds. The van der Waals surface area contributed by atoms with Crippen molar-refractivity contribution in [1.29, 1.82) is 0 Å². The number of rotatable bonds is 7. The molecule has 3 atom stereocenters. The number of amides is 2. The van der Waals surface area contributed by atoms with Gasteiger partial charge in [0.2, 0.25) is 11.8 Å². The van der Waals surface area contributed by atoms with E-state index in [0.717, 1.165) is 6.42 Å². The van der Waals surface area contributed by atoms with Crippen LogP contribution < -0.4 is 22.3 Å². The van der Waals surface area contributed by atoms with E-state index < -0.39 is 28.9 Å². The highest BCUT2D eigenvalue weighted by atomic mass is 16.3. The predicted octanol–water partition coefficient (Wildman–Crippen LogP) is -1.31. The van der Waals surface area contributed by atoms with Gasteiger partial charge in [0.15, 0.2) is 0 Å². The summed E-state index contributed by atoms with van der Waals surface area (Å²) < 4.78 is 1.24. The lowest BCUT2D eigenvalue weighted by Crippen LogP contribution is -2.58. The normalized spacial score (nSPS) is 23.3. The summed E-state index contributed by atoms with van der Waals surface area (Å²) in [6.07, 6.45) is 3.48. The first-order valence-electron chi connectivity index (χ1n) is 9.45. The highest BCUT2D eigenvalue weighted by molar-refractivity contribution is 5.87. The van der Waals surface area contributed by atoms with Crippen molar-refractivity contribution >= 4 is 11.8 Å². The van der Waals surface area contributed by atoms with E-state index in [-0.39, 0.29) is 24.8 Å². The van der Waals surface area contributed by atoms with Gasteiger partial charge in [-0.3, -0.25) is 23.9 Å².